The van der Waals surface area contributed by atoms with Gasteiger partial charge in [-0.2, -0.15) is 4.31 Å². The Bertz CT molecular complexity index is 1180. The maximum atomic E-state index is 14.7. The lowest BCUT2D eigenvalue weighted by molar-refractivity contribution is 0.0676. The third-order valence-electron chi connectivity index (χ3n) is 5.62. The molecule has 0 bridgehead atoms. The van der Waals surface area contributed by atoms with Crippen molar-refractivity contribution in [2.24, 2.45) is 0 Å². The molecule has 1 saturated heterocycles. The van der Waals surface area contributed by atoms with Gasteiger partial charge in [-0.05, 0) is 30.2 Å². The second-order valence-electron chi connectivity index (χ2n) is 7.71. The average molecular weight is 483 g/mol. The van der Waals surface area contributed by atoms with Crippen molar-refractivity contribution < 1.29 is 26.0 Å². The van der Waals surface area contributed by atoms with Crippen LogP contribution in [0.25, 0.3) is 0 Å². The van der Waals surface area contributed by atoms with Crippen LogP contribution in [0, 0.1) is 5.82 Å². The van der Waals surface area contributed by atoms with Gasteiger partial charge < -0.3 is 4.90 Å². The third-order valence-corrected chi connectivity index (χ3v) is 9.41. The summed E-state index contributed by atoms with van der Waals surface area (Å²) in [4.78, 5) is 14.6. The molecule has 1 heterocycles. The lowest BCUT2D eigenvalue weighted by Gasteiger charge is -2.29. The van der Waals surface area contributed by atoms with Gasteiger partial charge in [0.2, 0.25) is 10.0 Å². The fraction of sp³-hybridized carbons (Fsp3) is 0.409. The van der Waals surface area contributed by atoms with E-state index >= 15 is 0 Å². The standard InChI is InChI=1S/C22H27FN2O5S2/c1-3-24(4-2)32(29,30)19-10-11-21(23)20(14-19)22(26)25(15-17-8-6-5-7-9-17)18-12-13-31(27,28)16-18/h5-11,14,18H,3-4,12-13,15-16H2,1-2H3. The molecule has 174 valence electrons. The molecule has 0 aromatic heterocycles. The van der Waals surface area contributed by atoms with Gasteiger partial charge in [0.05, 0.1) is 22.0 Å². The summed E-state index contributed by atoms with van der Waals surface area (Å²) in [5.74, 6) is -1.84. The molecule has 1 atom stereocenters. The number of hydrogen-bond donors (Lipinski definition) is 0. The largest absolute Gasteiger partial charge is 0.330 e. The van der Waals surface area contributed by atoms with Crippen LogP contribution in [0.3, 0.4) is 0 Å². The molecule has 7 nitrogen and oxygen atoms in total. The number of sulfone groups is 1. The SMILES string of the molecule is CCN(CC)S(=O)(=O)c1ccc(F)c(C(=O)N(Cc2ccccc2)C2CCS(=O)(=O)C2)c1. The molecule has 2 aromatic carbocycles. The molecule has 1 unspecified atom stereocenters. The number of sulfonamides is 1. The Morgan fingerprint density at radius 2 is 1.75 bits per heavy atom. The van der Waals surface area contributed by atoms with E-state index in [-0.39, 0.29) is 42.5 Å². The molecule has 2 aromatic rings. The summed E-state index contributed by atoms with van der Waals surface area (Å²) in [6.07, 6.45) is 0.250. The van der Waals surface area contributed by atoms with Crippen LogP contribution in [-0.2, 0) is 26.4 Å². The predicted molar refractivity (Wildman–Crippen MR) is 120 cm³/mol. The topological polar surface area (TPSA) is 91.8 Å². The first-order valence-corrected chi connectivity index (χ1v) is 13.7. The third kappa shape index (κ3) is 5.19. The van der Waals surface area contributed by atoms with E-state index in [0.29, 0.717) is 0 Å². The maximum absolute atomic E-state index is 14.7. The average Bonchev–Trinajstić information content (AvgIpc) is 3.12. The Balaban J connectivity index is 2.02. The number of hydrogen-bond acceptors (Lipinski definition) is 5. The monoisotopic (exact) mass is 482 g/mol. The van der Waals surface area contributed by atoms with E-state index in [9.17, 15) is 26.0 Å². The first-order chi connectivity index (χ1) is 15.1. The summed E-state index contributed by atoms with van der Waals surface area (Å²) in [6, 6.07) is 11.5. The van der Waals surface area contributed by atoms with Gasteiger partial charge in [0.1, 0.15) is 5.82 Å². The van der Waals surface area contributed by atoms with Crippen molar-refractivity contribution in [3.8, 4) is 0 Å². The summed E-state index contributed by atoms with van der Waals surface area (Å²) in [7, 11) is -7.19. The van der Waals surface area contributed by atoms with Crippen LogP contribution >= 0.6 is 0 Å². The van der Waals surface area contributed by atoms with E-state index in [1.54, 1.807) is 38.1 Å². The Kier molecular flexibility index (Phi) is 7.36. The Morgan fingerprint density at radius 1 is 1.09 bits per heavy atom. The van der Waals surface area contributed by atoms with Gasteiger partial charge in [-0.3, -0.25) is 4.79 Å². The highest BCUT2D eigenvalue weighted by atomic mass is 32.2. The van der Waals surface area contributed by atoms with Crippen LogP contribution in [0.4, 0.5) is 4.39 Å². The van der Waals surface area contributed by atoms with Gasteiger partial charge in [-0.25, -0.2) is 21.2 Å². The van der Waals surface area contributed by atoms with Crippen molar-refractivity contribution in [1.82, 2.24) is 9.21 Å². The Morgan fingerprint density at radius 3 is 2.31 bits per heavy atom. The normalized spacial score (nSPS) is 18.1. The molecule has 10 heteroatoms. The fourth-order valence-corrected chi connectivity index (χ4v) is 7.08. The van der Waals surface area contributed by atoms with Crippen molar-refractivity contribution in [3.63, 3.8) is 0 Å². The molecular weight excluding hydrogens is 455 g/mol. The highest BCUT2D eigenvalue weighted by molar-refractivity contribution is 7.91. The Labute approximate surface area is 188 Å². The zero-order chi connectivity index (χ0) is 23.5. The van der Waals surface area contributed by atoms with E-state index in [1.165, 1.54) is 9.21 Å². The van der Waals surface area contributed by atoms with Crippen LogP contribution in [0.2, 0.25) is 0 Å². The van der Waals surface area contributed by atoms with Gasteiger partial charge in [-0.15, -0.1) is 0 Å². The number of benzene rings is 2. The van der Waals surface area contributed by atoms with Gasteiger partial charge in [0.25, 0.3) is 5.91 Å². The van der Waals surface area contributed by atoms with Gasteiger partial charge in [0, 0.05) is 25.7 Å². The first-order valence-electron chi connectivity index (χ1n) is 10.4. The zero-order valence-electron chi connectivity index (χ0n) is 18.1. The summed E-state index contributed by atoms with van der Waals surface area (Å²) in [5, 5.41) is 0. The van der Waals surface area contributed by atoms with Crippen LogP contribution in [0.1, 0.15) is 36.2 Å². The highest BCUT2D eigenvalue weighted by Crippen LogP contribution is 2.25. The molecule has 1 amide bonds. The van der Waals surface area contributed by atoms with Crippen LogP contribution < -0.4 is 0 Å². The van der Waals surface area contributed by atoms with Gasteiger partial charge >= 0.3 is 0 Å². The first kappa shape index (κ1) is 24.3. The lowest BCUT2D eigenvalue weighted by atomic mass is 10.1. The predicted octanol–water partition coefficient (Wildman–Crippen LogP) is 2.69. The van der Waals surface area contributed by atoms with E-state index in [0.717, 1.165) is 23.8 Å². The van der Waals surface area contributed by atoms with E-state index < -0.39 is 43.2 Å². The fourth-order valence-electron chi connectivity index (χ4n) is 3.86. The molecular formula is C22H27FN2O5S2. The number of carbonyl (C=O) groups excluding carboxylic acids is 1. The minimum Gasteiger partial charge on any atom is -0.330 e. The van der Waals surface area contributed by atoms with Crippen LogP contribution in [0.5, 0.6) is 0 Å². The molecule has 0 radical (unpaired) electrons. The summed E-state index contributed by atoms with van der Waals surface area (Å²) in [6.45, 7) is 3.95. The number of rotatable bonds is 8. The van der Waals surface area contributed by atoms with Crippen molar-refractivity contribution in [3.05, 3.63) is 65.5 Å². The van der Waals surface area contributed by atoms with Gasteiger partial charge in [-0.1, -0.05) is 44.2 Å². The van der Waals surface area contributed by atoms with E-state index in [1.807, 2.05) is 6.07 Å². The van der Waals surface area contributed by atoms with Crippen molar-refractivity contribution >= 4 is 25.8 Å². The van der Waals surface area contributed by atoms with Crippen molar-refractivity contribution in [2.45, 2.75) is 37.8 Å². The van der Waals surface area contributed by atoms with Crippen LogP contribution in [0.15, 0.2) is 53.4 Å². The van der Waals surface area contributed by atoms with E-state index in [2.05, 4.69) is 0 Å². The molecule has 0 N–H and O–H groups in total. The maximum Gasteiger partial charge on any atom is 0.257 e. The number of halogens is 1. The zero-order valence-corrected chi connectivity index (χ0v) is 19.7. The quantitative estimate of drug-likeness (QED) is 0.577. The summed E-state index contributed by atoms with van der Waals surface area (Å²) in [5.41, 5.74) is 0.371. The minimum absolute atomic E-state index is 0.0465. The number of carbonyl (C=O) groups is 1. The summed E-state index contributed by atoms with van der Waals surface area (Å²) >= 11 is 0. The van der Waals surface area contributed by atoms with Crippen LogP contribution in [-0.4, -0.2) is 62.6 Å². The summed E-state index contributed by atoms with van der Waals surface area (Å²) < 4.78 is 65.8. The number of amides is 1. The molecule has 0 aliphatic carbocycles. The second kappa shape index (κ2) is 9.68. The second-order valence-corrected chi connectivity index (χ2v) is 11.9. The molecule has 1 aliphatic rings. The molecule has 0 saturated carbocycles. The van der Waals surface area contributed by atoms with Crippen molar-refractivity contribution in [2.75, 3.05) is 24.6 Å². The molecule has 0 spiro atoms. The van der Waals surface area contributed by atoms with Gasteiger partial charge in [0.15, 0.2) is 9.84 Å². The smallest absolute Gasteiger partial charge is 0.257 e. The Hall–Kier alpha value is -2.30. The van der Waals surface area contributed by atoms with Crippen molar-refractivity contribution in [1.29, 1.82) is 0 Å². The number of nitrogens with zero attached hydrogens (tertiary/aromatic N) is 2. The molecule has 32 heavy (non-hydrogen) atoms. The highest BCUT2D eigenvalue weighted by Gasteiger charge is 2.36. The lowest BCUT2D eigenvalue weighted by Crippen LogP contribution is -2.41. The van der Waals surface area contributed by atoms with E-state index in [4.69, 9.17) is 0 Å². The molecule has 1 aliphatic heterocycles. The minimum atomic E-state index is -3.90. The molecule has 1 fully saturated rings. The molecule has 3 rings (SSSR count).